The van der Waals surface area contributed by atoms with Crippen molar-refractivity contribution < 1.29 is 9.53 Å². The van der Waals surface area contributed by atoms with E-state index in [-0.39, 0.29) is 0 Å². The number of carbonyl (C=O) groups excluding carboxylic acids is 1. The smallest absolute Gasteiger partial charge is 0.410 e. The Morgan fingerprint density at radius 1 is 1.10 bits per heavy atom. The predicted molar refractivity (Wildman–Crippen MR) is 83.6 cm³/mol. The molecule has 2 aromatic carbocycles. The fourth-order valence-corrected chi connectivity index (χ4v) is 2.47. The molecule has 3 aromatic rings. The van der Waals surface area contributed by atoms with Gasteiger partial charge in [0.05, 0.1) is 0 Å². The van der Waals surface area contributed by atoms with Gasteiger partial charge in [-0.05, 0) is 24.3 Å². The normalized spacial score (nSPS) is 10.1. The Bertz CT molecular complexity index is 727. The molecule has 0 unspecified atom stereocenters. The molecule has 0 fully saturated rings. The highest BCUT2D eigenvalue weighted by Gasteiger charge is 2.06. The summed E-state index contributed by atoms with van der Waals surface area (Å²) in [4.78, 5) is 16.1. The van der Waals surface area contributed by atoms with Crippen molar-refractivity contribution >= 4 is 23.1 Å². The van der Waals surface area contributed by atoms with Crippen molar-refractivity contribution in [1.82, 2.24) is 4.98 Å². The maximum absolute atomic E-state index is 11.8. The number of aromatic nitrogens is 1. The summed E-state index contributed by atoms with van der Waals surface area (Å²) >= 11 is 1.55. The number of hydrogen-bond donors (Lipinski definition) is 1. The molecule has 4 nitrogen and oxygen atoms in total. The first-order valence-corrected chi connectivity index (χ1v) is 7.23. The molecule has 0 aliphatic rings. The van der Waals surface area contributed by atoms with Gasteiger partial charge in [0.1, 0.15) is 10.8 Å². The molecule has 3 rings (SSSR count). The first-order valence-electron chi connectivity index (χ1n) is 6.35. The molecule has 0 saturated heterocycles. The van der Waals surface area contributed by atoms with Crippen LogP contribution in [0.2, 0.25) is 0 Å². The van der Waals surface area contributed by atoms with E-state index in [4.69, 9.17) is 4.74 Å². The first kappa shape index (κ1) is 13.3. The monoisotopic (exact) mass is 296 g/mol. The van der Waals surface area contributed by atoms with Crippen LogP contribution >= 0.6 is 11.3 Å². The van der Waals surface area contributed by atoms with Crippen LogP contribution in [0, 0.1) is 0 Å². The van der Waals surface area contributed by atoms with E-state index >= 15 is 0 Å². The van der Waals surface area contributed by atoms with Crippen molar-refractivity contribution in [1.29, 1.82) is 0 Å². The van der Waals surface area contributed by atoms with E-state index in [2.05, 4.69) is 10.3 Å². The number of nitrogens with zero attached hydrogens (tertiary/aromatic N) is 1. The van der Waals surface area contributed by atoms with Crippen molar-refractivity contribution in [3.63, 3.8) is 0 Å². The van der Waals surface area contributed by atoms with E-state index in [1.807, 2.05) is 47.8 Å². The lowest BCUT2D eigenvalue weighted by molar-refractivity contribution is 0.215. The van der Waals surface area contributed by atoms with Crippen molar-refractivity contribution in [3.8, 4) is 16.3 Å². The number of carbonyl (C=O) groups is 1. The molecule has 0 aliphatic heterocycles. The minimum absolute atomic E-state index is 0.506. The largest absolute Gasteiger partial charge is 0.417 e. The zero-order chi connectivity index (χ0) is 14.5. The third-order valence-corrected chi connectivity index (χ3v) is 3.56. The highest BCUT2D eigenvalue weighted by Crippen LogP contribution is 2.24. The van der Waals surface area contributed by atoms with Crippen LogP contribution in [-0.2, 0) is 0 Å². The van der Waals surface area contributed by atoms with Crippen molar-refractivity contribution in [2.75, 3.05) is 5.32 Å². The van der Waals surface area contributed by atoms with Gasteiger partial charge in [0.2, 0.25) is 0 Å². The Kier molecular flexibility index (Phi) is 3.93. The second kappa shape index (κ2) is 6.19. The lowest BCUT2D eigenvalue weighted by atomic mass is 10.2. The summed E-state index contributed by atoms with van der Waals surface area (Å²) in [6.45, 7) is 0. The number of benzene rings is 2. The fourth-order valence-electron chi connectivity index (χ4n) is 1.83. The van der Waals surface area contributed by atoms with Crippen molar-refractivity contribution in [2.45, 2.75) is 0 Å². The van der Waals surface area contributed by atoms with Crippen LogP contribution in [0.25, 0.3) is 10.6 Å². The first-order chi connectivity index (χ1) is 10.3. The van der Waals surface area contributed by atoms with Crippen LogP contribution < -0.4 is 10.1 Å². The summed E-state index contributed by atoms with van der Waals surface area (Å²) in [7, 11) is 0. The Labute approximate surface area is 126 Å². The van der Waals surface area contributed by atoms with E-state index in [0.717, 1.165) is 10.6 Å². The fraction of sp³-hybridized carbons (Fsp3) is 0. The van der Waals surface area contributed by atoms with Gasteiger partial charge in [-0.1, -0.05) is 30.3 Å². The van der Waals surface area contributed by atoms with Crippen LogP contribution in [0.4, 0.5) is 10.5 Å². The molecule has 0 bridgehead atoms. The van der Waals surface area contributed by atoms with Gasteiger partial charge in [-0.2, -0.15) is 0 Å². The topological polar surface area (TPSA) is 51.2 Å². The minimum atomic E-state index is -0.516. The number of hydrogen-bond acceptors (Lipinski definition) is 4. The molecule has 1 heterocycles. The molecule has 0 spiro atoms. The summed E-state index contributed by atoms with van der Waals surface area (Å²) in [5.41, 5.74) is 1.63. The second-order valence-electron chi connectivity index (χ2n) is 4.25. The zero-order valence-electron chi connectivity index (χ0n) is 11.0. The highest BCUT2D eigenvalue weighted by molar-refractivity contribution is 7.13. The molecule has 0 saturated carbocycles. The molecule has 0 radical (unpaired) electrons. The molecule has 21 heavy (non-hydrogen) atoms. The summed E-state index contributed by atoms with van der Waals surface area (Å²) in [5.74, 6) is 0.506. The summed E-state index contributed by atoms with van der Waals surface area (Å²) in [5, 5.41) is 5.54. The summed E-state index contributed by atoms with van der Waals surface area (Å²) in [6.07, 6.45) is 1.24. The standard InChI is InChI=1S/C16H12N2O2S/c19-16(20-14-7-2-1-3-8-14)18-13-6-4-5-12(11-13)15-17-9-10-21-15/h1-11H,(H,18,19). The number of para-hydroxylation sites is 1. The van der Waals surface area contributed by atoms with Gasteiger partial charge in [0, 0.05) is 22.8 Å². The van der Waals surface area contributed by atoms with E-state index in [1.54, 1.807) is 29.7 Å². The number of ether oxygens (including phenoxy) is 1. The Balaban J connectivity index is 1.70. The Morgan fingerprint density at radius 3 is 2.71 bits per heavy atom. The van der Waals surface area contributed by atoms with Gasteiger partial charge < -0.3 is 4.74 Å². The van der Waals surface area contributed by atoms with E-state index < -0.39 is 6.09 Å². The maximum atomic E-state index is 11.8. The molecule has 0 atom stereocenters. The number of anilines is 1. The average Bonchev–Trinajstić information content (AvgIpc) is 3.02. The lowest BCUT2D eigenvalue weighted by Gasteiger charge is -2.07. The van der Waals surface area contributed by atoms with Crippen LogP contribution in [0.15, 0.2) is 66.2 Å². The SMILES string of the molecule is O=C(Nc1cccc(-c2nccs2)c1)Oc1ccccc1. The second-order valence-corrected chi connectivity index (χ2v) is 5.14. The van der Waals surface area contributed by atoms with Gasteiger partial charge >= 0.3 is 6.09 Å². The number of amides is 1. The van der Waals surface area contributed by atoms with E-state index in [9.17, 15) is 4.79 Å². The third-order valence-electron chi connectivity index (χ3n) is 2.74. The van der Waals surface area contributed by atoms with Gasteiger partial charge in [0.25, 0.3) is 0 Å². The number of rotatable bonds is 3. The highest BCUT2D eigenvalue weighted by atomic mass is 32.1. The third kappa shape index (κ3) is 3.46. The van der Waals surface area contributed by atoms with E-state index in [0.29, 0.717) is 11.4 Å². The molecule has 0 aliphatic carbocycles. The summed E-state index contributed by atoms with van der Waals surface area (Å²) < 4.78 is 5.19. The molecule has 1 N–H and O–H groups in total. The molecule has 1 aromatic heterocycles. The number of nitrogens with one attached hydrogen (secondary N) is 1. The van der Waals surface area contributed by atoms with Crippen LogP contribution in [0.1, 0.15) is 0 Å². The number of thiazole rings is 1. The zero-order valence-corrected chi connectivity index (χ0v) is 11.8. The molecule has 1 amide bonds. The van der Waals surface area contributed by atoms with E-state index in [1.165, 1.54) is 0 Å². The van der Waals surface area contributed by atoms with Crippen molar-refractivity contribution in [3.05, 3.63) is 66.2 Å². The van der Waals surface area contributed by atoms with Gasteiger partial charge in [-0.15, -0.1) is 11.3 Å². The van der Waals surface area contributed by atoms with Gasteiger partial charge in [-0.25, -0.2) is 9.78 Å². The van der Waals surface area contributed by atoms with Gasteiger partial charge in [-0.3, -0.25) is 5.32 Å². The van der Waals surface area contributed by atoms with Crippen LogP contribution in [0.3, 0.4) is 0 Å². The molecule has 104 valence electrons. The average molecular weight is 296 g/mol. The Hall–Kier alpha value is -2.66. The maximum Gasteiger partial charge on any atom is 0.417 e. The lowest BCUT2D eigenvalue weighted by Crippen LogP contribution is -2.16. The molecule has 5 heteroatoms. The van der Waals surface area contributed by atoms with Crippen LogP contribution in [-0.4, -0.2) is 11.1 Å². The molecular formula is C16H12N2O2S. The molecular weight excluding hydrogens is 284 g/mol. The predicted octanol–water partition coefficient (Wildman–Crippen LogP) is 4.42. The van der Waals surface area contributed by atoms with Crippen LogP contribution in [0.5, 0.6) is 5.75 Å². The minimum Gasteiger partial charge on any atom is -0.410 e. The van der Waals surface area contributed by atoms with Gasteiger partial charge in [0.15, 0.2) is 0 Å². The van der Waals surface area contributed by atoms with Crippen molar-refractivity contribution in [2.24, 2.45) is 0 Å². The summed E-state index contributed by atoms with van der Waals surface area (Å²) in [6, 6.07) is 16.4. The Morgan fingerprint density at radius 2 is 1.95 bits per heavy atom. The quantitative estimate of drug-likeness (QED) is 0.778.